The van der Waals surface area contributed by atoms with Crippen LogP contribution in [0.15, 0.2) is 56.6 Å². The van der Waals surface area contributed by atoms with Gasteiger partial charge in [-0.3, -0.25) is 4.72 Å². The van der Waals surface area contributed by atoms with Crippen LogP contribution >= 0.6 is 12.2 Å². The van der Waals surface area contributed by atoms with E-state index in [0.717, 1.165) is 49.7 Å². The number of anilines is 1. The van der Waals surface area contributed by atoms with Gasteiger partial charge in [0.2, 0.25) is 0 Å². The fraction of sp³-hybridized carbons (Fsp3) is 0.407. The van der Waals surface area contributed by atoms with E-state index in [9.17, 15) is 18.3 Å². The molecule has 184 valence electrons. The van der Waals surface area contributed by atoms with Gasteiger partial charge in [0.1, 0.15) is 16.4 Å². The van der Waals surface area contributed by atoms with Crippen molar-refractivity contribution in [2.24, 2.45) is 5.92 Å². The van der Waals surface area contributed by atoms with Crippen molar-refractivity contribution in [3.05, 3.63) is 80.3 Å². The lowest BCUT2D eigenvalue weighted by atomic mass is 9.85. The largest absolute Gasteiger partial charge is 0.507 e. The first kappa shape index (κ1) is 24.0. The third-order valence-electron chi connectivity index (χ3n) is 7.05. The second-order valence-corrected chi connectivity index (χ2v) is 11.7. The summed E-state index contributed by atoms with van der Waals surface area (Å²) in [6.07, 6.45) is 12.7. The zero-order valence-corrected chi connectivity index (χ0v) is 21.1. The molecule has 1 aromatic carbocycles. The van der Waals surface area contributed by atoms with Gasteiger partial charge in [0.05, 0.1) is 5.56 Å². The molecule has 0 amide bonds. The van der Waals surface area contributed by atoms with E-state index in [-0.39, 0.29) is 22.5 Å². The van der Waals surface area contributed by atoms with Crippen LogP contribution in [0.1, 0.15) is 73.3 Å². The monoisotopic (exact) mass is 511 g/mol. The number of hydrogen-bond acceptors (Lipinski definition) is 6. The highest BCUT2D eigenvalue weighted by molar-refractivity contribution is 7.99. The Morgan fingerprint density at radius 2 is 1.89 bits per heavy atom. The fourth-order valence-corrected chi connectivity index (χ4v) is 6.85. The van der Waals surface area contributed by atoms with Crippen molar-refractivity contribution in [3.8, 4) is 5.75 Å². The van der Waals surface area contributed by atoms with Gasteiger partial charge in [0.25, 0.3) is 10.0 Å². The molecule has 1 saturated carbocycles. The predicted molar refractivity (Wildman–Crippen MR) is 141 cm³/mol. The molecule has 0 bridgehead atoms. The zero-order valence-electron chi connectivity index (χ0n) is 19.5. The van der Waals surface area contributed by atoms with Crippen LogP contribution in [0.3, 0.4) is 0 Å². The Morgan fingerprint density at radius 3 is 2.63 bits per heavy atom. The molecule has 35 heavy (non-hydrogen) atoms. The minimum absolute atomic E-state index is 0.0607. The standard InChI is InChI=1S/C27H29NO5S2/c29-26-20-10-3-1-2-4-11-21(20)33-27(30)25(26)24(17-14-15-17)18-8-7-9-19(16-18)28-35(31,32)23-13-6-5-12-22(23)34/h5-9,13,16-17,24,28-29H,1-4,10-12,14-15H2. The van der Waals surface area contributed by atoms with Gasteiger partial charge < -0.3 is 9.52 Å². The lowest BCUT2D eigenvalue weighted by Crippen LogP contribution is -2.21. The molecule has 1 aromatic heterocycles. The Bertz CT molecular complexity index is 1380. The van der Waals surface area contributed by atoms with Gasteiger partial charge in [-0.1, -0.05) is 49.3 Å². The third kappa shape index (κ3) is 5.00. The van der Waals surface area contributed by atoms with E-state index in [4.69, 9.17) is 16.6 Å². The topological polar surface area (TPSA) is 96.6 Å². The number of rotatable bonds is 6. The molecular weight excluding hydrogens is 482 g/mol. The van der Waals surface area contributed by atoms with E-state index in [1.54, 1.807) is 24.3 Å². The second-order valence-electron chi connectivity index (χ2n) is 9.60. The quantitative estimate of drug-likeness (QED) is 0.497. The first-order valence-corrected chi connectivity index (χ1v) is 14.1. The van der Waals surface area contributed by atoms with Crippen LogP contribution in [-0.2, 0) is 22.9 Å². The van der Waals surface area contributed by atoms with Gasteiger partial charge in [-0.2, -0.15) is 0 Å². The molecule has 0 aliphatic heterocycles. The number of allylic oxidation sites excluding steroid dienone is 4. The maximum atomic E-state index is 13.1. The average Bonchev–Trinajstić information content (AvgIpc) is 3.63. The first-order valence-electron chi connectivity index (χ1n) is 12.3. The highest BCUT2D eigenvalue weighted by atomic mass is 32.2. The molecule has 1 fully saturated rings. The lowest BCUT2D eigenvalue weighted by Gasteiger charge is -2.22. The molecular formula is C27H29NO5S2. The van der Waals surface area contributed by atoms with Crippen LogP contribution in [0.2, 0.25) is 0 Å². The Labute approximate surface area is 210 Å². The maximum absolute atomic E-state index is 13.1. The number of fused-ring (bicyclic) bond motifs is 1. The summed E-state index contributed by atoms with van der Waals surface area (Å²) in [4.78, 5) is 13.6. The molecule has 6 nitrogen and oxygen atoms in total. The molecule has 3 aliphatic carbocycles. The van der Waals surface area contributed by atoms with Crippen molar-refractivity contribution in [1.29, 1.82) is 0 Å². The number of thiocarbonyl (C=S) groups is 1. The summed E-state index contributed by atoms with van der Waals surface area (Å²) < 4.78 is 34.4. The van der Waals surface area contributed by atoms with Crippen molar-refractivity contribution >= 4 is 32.8 Å². The highest BCUT2D eigenvalue weighted by Gasteiger charge is 2.38. The zero-order chi connectivity index (χ0) is 24.6. The van der Waals surface area contributed by atoms with Crippen LogP contribution in [0, 0.1) is 5.92 Å². The van der Waals surface area contributed by atoms with Crippen LogP contribution in [0.5, 0.6) is 5.75 Å². The van der Waals surface area contributed by atoms with Crippen molar-refractivity contribution < 1.29 is 17.9 Å². The first-order chi connectivity index (χ1) is 16.8. The molecule has 1 atom stereocenters. The minimum Gasteiger partial charge on any atom is -0.507 e. The highest BCUT2D eigenvalue weighted by Crippen LogP contribution is 2.49. The Kier molecular flexibility index (Phi) is 6.68. The maximum Gasteiger partial charge on any atom is 0.343 e. The smallest absolute Gasteiger partial charge is 0.343 e. The predicted octanol–water partition coefficient (Wildman–Crippen LogP) is 5.50. The minimum atomic E-state index is -3.84. The van der Waals surface area contributed by atoms with Crippen LogP contribution in [-0.4, -0.2) is 18.4 Å². The van der Waals surface area contributed by atoms with Crippen LogP contribution in [0.25, 0.3) is 0 Å². The number of benzene rings is 1. The van der Waals surface area contributed by atoms with E-state index in [0.29, 0.717) is 41.1 Å². The van der Waals surface area contributed by atoms with E-state index < -0.39 is 15.6 Å². The van der Waals surface area contributed by atoms with Crippen molar-refractivity contribution in [1.82, 2.24) is 0 Å². The number of sulfonamides is 1. The van der Waals surface area contributed by atoms with Gasteiger partial charge in [-0.25, -0.2) is 13.2 Å². The molecule has 2 N–H and O–H groups in total. The molecule has 8 heteroatoms. The SMILES string of the molecule is O=c1oc2c(c(O)c1C(c1cccc(NS(=O)(=O)C3=CC=CCC3=S)c1)C1CC1)CCCCCC2. The van der Waals surface area contributed by atoms with Crippen LogP contribution in [0.4, 0.5) is 5.69 Å². The Morgan fingerprint density at radius 1 is 1.11 bits per heavy atom. The summed E-state index contributed by atoms with van der Waals surface area (Å²) in [5.74, 6) is 0.508. The summed E-state index contributed by atoms with van der Waals surface area (Å²) in [5.41, 5.74) is 1.73. The summed E-state index contributed by atoms with van der Waals surface area (Å²) in [5, 5.41) is 11.3. The lowest BCUT2D eigenvalue weighted by molar-refractivity contribution is 0.382. The normalized spacial score (nSPS) is 19.3. The van der Waals surface area contributed by atoms with Gasteiger partial charge in [0.15, 0.2) is 0 Å². The third-order valence-corrected chi connectivity index (χ3v) is 9.03. The summed E-state index contributed by atoms with van der Waals surface area (Å²) in [6.45, 7) is 0. The van der Waals surface area contributed by atoms with Crippen molar-refractivity contribution in [2.75, 3.05) is 4.72 Å². The number of hydrogen-bond donors (Lipinski definition) is 2. The molecule has 3 aliphatic rings. The van der Waals surface area contributed by atoms with Gasteiger partial charge in [-0.05, 0) is 61.8 Å². The van der Waals surface area contributed by atoms with E-state index >= 15 is 0 Å². The average molecular weight is 512 g/mol. The number of aromatic hydroxyl groups is 1. The van der Waals surface area contributed by atoms with Gasteiger partial charge in [-0.15, -0.1) is 0 Å². The molecule has 0 saturated heterocycles. The van der Waals surface area contributed by atoms with Crippen molar-refractivity contribution in [2.45, 2.75) is 63.7 Å². The van der Waals surface area contributed by atoms with E-state index in [2.05, 4.69) is 4.72 Å². The molecule has 5 rings (SSSR count). The molecule has 0 spiro atoms. The fourth-order valence-electron chi connectivity index (χ4n) is 5.17. The Hall–Kier alpha value is -2.71. The summed E-state index contributed by atoms with van der Waals surface area (Å²) in [6, 6.07) is 7.07. The summed E-state index contributed by atoms with van der Waals surface area (Å²) >= 11 is 5.25. The molecule has 2 aromatic rings. The van der Waals surface area contributed by atoms with Crippen molar-refractivity contribution in [3.63, 3.8) is 0 Å². The van der Waals surface area contributed by atoms with E-state index in [1.807, 2.05) is 12.1 Å². The second kappa shape index (κ2) is 9.74. The number of nitrogens with one attached hydrogen (secondary N) is 1. The summed E-state index contributed by atoms with van der Waals surface area (Å²) in [7, 11) is -3.84. The van der Waals surface area contributed by atoms with Gasteiger partial charge >= 0.3 is 5.63 Å². The van der Waals surface area contributed by atoms with Crippen LogP contribution < -0.4 is 10.3 Å². The molecule has 1 heterocycles. The molecule has 1 unspecified atom stereocenters. The Balaban J connectivity index is 1.52. The number of aryl methyl sites for hydroxylation is 1. The van der Waals surface area contributed by atoms with E-state index in [1.165, 1.54) is 6.08 Å². The van der Waals surface area contributed by atoms with Gasteiger partial charge in [0, 0.05) is 34.9 Å². The molecule has 0 radical (unpaired) electrons.